The maximum Gasteiger partial charge on any atom is 0.284 e. The third kappa shape index (κ3) is 2.71. The molecule has 2 aromatic heterocycles. The van der Waals surface area contributed by atoms with Gasteiger partial charge < -0.3 is 13.7 Å². The Morgan fingerprint density at radius 1 is 1.48 bits per heavy atom. The Kier molecular flexibility index (Phi) is 4.03. The van der Waals surface area contributed by atoms with Crippen molar-refractivity contribution >= 4 is 12.2 Å². The van der Waals surface area contributed by atoms with Crippen molar-refractivity contribution in [1.29, 1.82) is 0 Å². The van der Waals surface area contributed by atoms with Crippen molar-refractivity contribution in [3.05, 3.63) is 32.5 Å². The highest BCUT2D eigenvalue weighted by molar-refractivity contribution is 7.71. The molecule has 0 aliphatic heterocycles. The van der Waals surface area contributed by atoms with Crippen LogP contribution in [0.2, 0.25) is 0 Å². The average Bonchev–Trinajstić information content (AvgIpc) is 2.92. The van der Waals surface area contributed by atoms with E-state index in [9.17, 15) is 4.79 Å². The number of aryl methyl sites for hydroxylation is 1. The number of fused-ring (bicyclic) bond motifs is 1. The highest BCUT2D eigenvalue weighted by Gasteiger charge is 2.20. The van der Waals surface area contributed by atoms with E-state index < -0.39 is 0 Å². The van der Waals surface area contributed by atoms with E-state index in [4.69, 9.17) is 21.4 Å². The van der Waals surface area contributed by atoms with E-state index in [1.807, 2.05) is 6.07 Å². The van der Waals surface area contributed by atoms with Gasteiger partial charge in [0.2, 0.25) is 0 Å². The lowest BCUT2D eigenvalue weighted by Gasteiger charge is -2.21. The molecule has 6 nitrogen and oxygen atoms in total. The van der Waals surface area contributed by atoms with Gasteiger partial charge in [-0.15, -0.1) is 5.10 Å². The van der Waals surface area contributed by atoms with Gasteiger partial charge in [-0.2, -0.15) is 0 Å². The summed E-state index contributed by atoms with van der Waals surface area (Å²) in [4.78, 5) is 12.9. The summed E-state index contributed by atoms with van der Waals surface area (Å²) in [6, 6.07) is 1.90. The van der Waals surface area contributed by atoms with Crippen molar-refractivity contribution in [2.45, 2.75) is 32.2 Å². The van der Waals surface area contributed by atoms with Crippen molar-refractivity contribution in [3.8, 4) is 11.5 Å². The van der Waals surface area contributed by atoms with Gasteiger partial charge in [0.1, 0.15) is 5.56 Å². The van der Waals surface area contributed by atoms with Gasteiger partial charge in [-0.1, -0.05) is 0 Å². The maximum atomic E-state index is 12.7. The van der Waals surface area contributed by atoms with Crippen molar-refractivity contribution in [2.75, 3.05) is 13.7 Å². The largest absolute Gasteiger partial charge is 0.409 e. The number of pyridine rings is 1. The molecular weight excluding hydrogens is 290 g/mol. The molecule has 1 N–H and O–H groups in total. The predicted octanol–water partition coefficient (Wildman–Crippen LogP) is 2.09. The molecule has 0 atom stereocenters. The lowest BCUT2D eigenvalue weighted by molar-refractivity contribution is 0.185. The van der Waals surface area contributed by atoms with Crippen LogP contribution in [0.3, 0.4) is 0 Å². The van der Waals surface area contributed by atoms with Crippen molar-refractivity contribution in [3.63, 3.8) is 0 Å². The van der Waals surface area contributed by atoms with E-state index in [1.54, 1.807) is 11.7 Å². The van der Waals surface area contributed by atoms with Gasteiger partial charge in [-0.3, -0.25) is 4.79 Å². The molecule has 0 unspecified atom stereocenters. The molecule has 0 spiro atoms. The van der Waals surface area contributed by atoms with E-state index in [0.717, 1.165) is 31.4 Å². The minimum atomic E-state index is -0.0991. The molecule has 0 amide bonds. The summed E-state index contributed by atoms with van der Waals surface area (Å²) in [7, 11) is 1.63. The summed E-state index contributed by atoms with van der Waals surface area (Å²) < 4.78 is 12.2. The first-order valence-corrected chi connectivity index (χ1v) is 7.42. The van der Waals surface area contributed by atoms with Crippen LogP contribution in [0.15, 0.2) is 15.3 Å². The second-order valence-electron chi connectivity index (χ2n) is 5.10. The second-order valence-corrected chi connectivity index (χ2v) is 5.48. The van der Waals surface area contributed by atoms with Crippen molar-refractivity contribution < 1.29 is 9.15 Å². The molecule has 0 bridgehead atoms. The summed E-state index contributed by atoms with van der Waals surface area (Å²) in [5.74, 6) is 0.254. The molecule has 1 aliphatic carbocycles. The number of nitrogens with zero attached hydrogens (tertiary/aromatic N) is 2. The molecule has 0 radical (unpaired) electrons. The lowest BCUT2D eigenvalue weighted by Crippen LogP contribution is -2.29. The molecule has 0 fully saturated rings. The monoisotopic (exact) mass is 307 g/mol. The normalized spacial score (nSPS) is 14.1. The quantitative estimate of drug-likeness (QED) is 0.876. The van der Waals surface area contributed by atoms with E-state index in [1.165, 1.54) is 5.56 Å². The van der Waals surface area contributed by atoms with Gasteiger partial charge in [0.25, 0.3) is 16.3 Å². The minimum absolute atomic E-state index is 0.0991. The van der Waals surface area contributed by atoms with E-state index in [-0.39, 0.29) is 16.3 Å². The van der Waals surface area contributed by atoms with Gasteiger partial charge in [0.05, 0.1) is 6.61 Å². The predicted molar refractivity (Wildman–Crippen MR) is 79.9 cm³/mol. The number of H-pyrrole nitrogens is 1. The van der Waals surface area contributed by atoms with Gasteiger partial charge in [0.15, 0.2) is 0 Å². The zero-order valence-corrected chi connectivity index (χ0v) is 12.7. The Labute approximate surface area is 126 Å². The molecule has 0 saturated carbocycles. The number of ether oxygens (including phenoxy) is 1. The smallest absolute Gasteiger partial charge is 0.284 e. The highest BCUT2D eigenvalue weighted by Crippen LogP contribution is 2.24. The molecule has 7 heteroatoms. The number of aromatic nitrogens is 3. The summed E-state index contributed by atoms with van der Waals surface area (Å²) in [5.41, 5.74) is 2.66. The van der Waals surface area contributed by atoms with Crippen LogP contribution in [0.1, 0.15) is 24.1 Å². The zero-order chi connectivity index (χ0) is 14.8. The number of rotatable bonds is 4. The molecule has 2 heterocycles. The summed E-state index contributed by atoms with van der Waals surface area (Å²) in [5, 5.41) is 6.54. The van der Waals surface area contributed by atoms with Crippen LogP contribution in [0.25, 0.3) is 11.5 Å². The summed E-state index contributed by atoms with van der Waals surface area (Å²) in [6.07, 6.45) is 4.15. The van der Waals surface area contributed by atoms with Crippen LogP contribution in [0, 0.1) is 4.84 Å². The first-order valence-electron chi connectivity index (χ1n) is 7.01. The van der Waals surface area contributed by atoms with E-state index in [0.29, 0.717) is 18.7 Å². The van der Waals surface area contributed by atoms with Gasteiger partial charge in [0, 0.05) is 19.3 Å². The first-order chi connectivity index (χ1) is 10.2. The number of hydrogen-bond donors (Lipinski definition) is 1. The molecular formula is C14H17N3O3S. The average molecular weight is 307 g/mol. The molecule has 0 aromatic carbocycles. The Hall–Kier alpha value is -1.73. The summed E-state index contributed by atoms with van der Waals surface area (Å²) in [6.45, 7) is 1.04. The first kappa shape index (κ1) is 14.2. The van der Waals surface area contributed by atoms with Crippen LogP contribution in [-0.2, 0) is 24.1 Å². The molecule has 3 rings (SSSR count). The van der Waals surface area contributed by atoms with Crippen LogP contribution in [-0.4, -0.2) is 28.5 Å². The molecule has 2 aromatic rings. The van der Waals surface area contributed by atoms with Gasteiger partial charge >= 0.3 is 0 Å². The van der Waals surface area contributed by atoms with Crippen molar-refractivity contribution in [1.82, 2.24) is 14.8 Å². The Bertz CT molecular complexity index is 760. The SMILES string of the molecule is COCCn1c2c(cc(-c3n[nH]c(=S)o3)c1=O)CCCC2. The Balaban J connectivity index is 2.17. The number of nitrogens with one attached hydrogen (secondary N) is 1. The van der Waals surface area contributed by atoms with Crippen molar-refractivity contribution in [2.24, 2.45) is 0 Å². The minimum Gasteiger partial charge on any atom is -0.409 e. The molecule has 1 aliphatic rings. The topological polar surface area (TPSA) is 73.1 Å². The van der Waals surface area contributed by atoms with Crippen LogP contribution in [0.4, 0.5) is 0 Å². The molecule has 0 saturated heterocycles. The number of aromatic amines is 1. The van der Waals surface area contributed by atoms with Gasteiger partial charge in [-0.05, 0) is 49.5 Å². The third-order valence-corrected chi connectivity index (χ3v) is 3.96. The fourth-order valence-electron chi connectivity index (χ4n) is 2.80. The standard InChI is InChI=1S/C14H17N3O3S/c1-19-7-6-17-11-5-3-2-4-9(11)8-10(13(17)18)12-15-16-14(21)20-12/h8H,2-7H2,1H3,(H,16,21). The van der Waals surface area contributed by atoms with Crippen LogP contribution >= 0.6 is 12.2 Å². The van der Waals surface area contributed by atoms with Crippen LogP contribution in [0.5, 0.6) is 0 Å². The highest BCUT2D eigenvalue weighted by atomic mass is 32.1. The van der Waals surface area contributed by atoms with E-state index in [2.05, 4.69) is 10.2 Å². The zero-order valence-electron chi connectivity index (χ0n) is 11.8. The fraction of sp³-hybridized carbons (Fsp3) is 0.500. The van der Waals surface area contributed by atoms with Crippen LogP contribution < -0.4 is 5.56 Å². The number of hydrogen-bond acceptors (Lipinski definition) is 5. The van der Waals surface area contributed by atoms with Gasteiger partial charge in [-0.25, -0.2) is 5.10 Å². The lowest BCUT2D eigenvalue weighted by atomic mass is 9.94. The Morgan fingerprint density at radius 3 is 3.00 bits per heavy atom. The number of methoxy groups -OCH3 is 1. The Morgan fingerprint density at radius 2 is 2.29 bits per heavy atom. The fourth-order valence-corrected chi connectivity index (χ4v) is 2.92. The summed E-state index contributed by atoms with van der Waals surface area (Å²) >= 11 is 4.89. The third-order valence-electron chi connectivity index (χ3n) is 3.79. The second kappa shape index (κ2) is 5.95. The molecule has 112 valence electrons. The molecule has 21 heavy (non-hydrogen) atoms. The maximum absolute atomic E-state index is 12.7. The van der Waals surface area contributed by atoms with E-state index >= 15 is 0 Å².